The van der Waals surface area contributed by atoms with E-state index in [1.807, 2.05) is 42.5 Å². The van der Waals surface area contributed by atoms with Crippen molar-refractivity contribution in [1.29, 1.82) is 0 Å². The molecule has 126 valence electrons. The first kappa shape index (κ1) is 14.7. The minimum Gasteiger partial charge on any atom is -0.292 e. The van der Waals surface area contributed by atoms with E-state index in [0.29, 0.717) is 0 Å². The van der Waals surface area contributed by atoms with E-state index in [1.54, 1.807) is 7.05 Å². The summed E-state index contributed by atoms with van der Waals surface area (Å²) in [4.78, 5) is 27.1. The Hall–Kier alpha value is -2.66. The Morgan fingerprint density at radius 1 is 0.880 bits per heavy atom. The van der Waals surface area contributed by atoms with E-state index < -0.39 is 6.04 Å². The van der Waals surface area contributed by atoms with Crippen LogP contribution in [0.15, 0.2) is 54.6 Å². The van der Waals surface area contributed by atoms with E-state index in [4.69, 9.17) is 0 Å². The van der Waals surface area contributed by atoms with Crippen LogP contribution in [-0.4, -0.2) is 41.4 Å². The molecular formula is C20H19N3O2. The number of carbonyl (C=O) groups excluding carboxylic acids is 2. The van der Waals surface area contributed by atoms with Crippen molar-refractivity contribution in [3.05, 3.63) is 65.7 Å². The van der Waals surface area contributed by atoms with Gasteiger partial charge < -0.3 is 0 Å². The van der Waals surface area contributed by atoms with Crippen molar-refractivity contribution >= 4 is 17.5 Å². The summed E-state index contributed by atoms with van der Waals surface area (Å²) in [5, 5.41) is 4.30. The third-order valence-electron chi connectivity index (χ3n) is 5.75. The summed E-state index contributed by atoms with van der Waals surface area (Å²) in [5.41, 5.74) is 3.43. The lowest BCUT2D eigenvalue weighted by atomic mass is 9.85. The highest BCUT2D eigenvalue weighted by Gasteiger charge is 2.61. The molecule has 5 heteroatoms. The van der Waals surface area contributed by atoms with Gasteiger partial charge in [0.1, 0.15) is 6.04 Å². The van der Waals surface area contributed by atoms with E-state index in [9.17, 15) is 9.59 Å². The third-order valence-corrected chi connectivity index (χ3v) is 5.75. The fraction of sp³-hybridized carbons (Fsp3) is 0.300. The van der Waals surface area contributed by atoms with E-state index in [1.165, 1.54) is 16.0 Å². The van der Waals surface area contributed by atoms with Gasteiger partial charge in [0.25, 0.3) is 5.91 Å². The van der Waals surface area contributed by atoms with E-state index in [2.05, 4.69) is 22.2 Å². The van der Waals surface area contributed by atoms with Crippen LogP contribution in [0.4, 0.5) is 5.69 Å². The number of carbonyl (C=O) groups is 2. The molecule has 2 amide bonds. The largest absolute Gasteiger partial charge is 0.292 e. The molecule has 3 atom stereocenters. The Bertz CT molecular complexity index is 866. The molecule has 0 spiro atoms. The van der Waals surface area contributed by atoms with E-state index >= 15 is 0 Å². The Morgan fingerprint density at radius 3 is 2.40 bits per heavy atom. The molecule has 0 unspecified atom stereocenters. The van der Waals surface area contributed by atoms with Crippen molar-refractivity contribution in [1.82, 2.24) is 9.91 Å². The van der Waals surface area contributed by atoms with Crippen LogP contribution in [0.1, 0.15) is 17.2 Å². The summed E-state index contributed by atoms with van der Waals surface area (Å²) in [5.74, 6) is -0.523. The van der Waals surface area contributed by atoms with Gasteiger partial charge in [0.2, 0.25) is 5.91 Å². The summed E-state index contributed by atoms with van der Waals surface area (Å²) in [6.45, 7) is 0.813. The Kier molecular flexibility index (Phi) is 3.03. The molecule has 2 fully saturated rings. The SMILES string of the molecule is CN1C(=O)[C@@H]2[C@H]3c4ccccc4CCN3N(c3ccccc3)[C@@H]2C1=O. The number of hydrogen-bond acceptors (Lipinski definition) is 4. The molecule has 25 heavy (non-hydrogen) atoms. The number of hydrazine groups is 1. The summed E-state index contributed by atoms with van der Waals surface area (Å²) >= 11 is 0. The van der Waals surface area contributed by atoms with Crippen molar-refractivity contribution in [2.24, 2.45) is 5.92 Å². The standard InChI is InChI=1S/C20H19N3O2/c1-21-19(24)16-17-15-10-6-5-7-13(15)11-12-22(17)23(18(16)20(21)25)14-8-3-2-4-9-14/h2-10,16-18H,11-12H2,1H3/t16-,17-,18+/m1/s1. The number of amides is 2. The summed E-state index contributed by atoms with van der Waals surface area (Å²) < 4.78 is 0. The average molecular weight is 333 g/mol. The van der Waals surface area contributed by atoms with Gasteiger partial charge in [-0.15, -0.1) is 0 Å². The zero-order chi connectivity index (χ0) is 17.1. The van der Waals surface area contributed by atoms with Gasteiger partial charge in [0.15, 0.2) is 0 Å². The number of nitrogens with zero attached hydrogens (tertiary/aromatic N) is 3. The molecule has 5 rings (SSSR count). The predicted octanol–water partition coefficient (Wildman–Crippen LogP) is 2.00. The lowest BCUT2D eigenvalue weighted by molar-refractivity contribution is -0.139. The number of imide groups is 1. The van der Waals surface area contributed by atoms with Gasteiger partial charge in [-0.25, -0.2) is 5.01 Å². The monoisotopic (exact) mass is 333 g/mol. The Balaban J connectivity index is 1.70. The van der Waals surface area contributed by atoms with Crippen LogP contribution in [-0.2, 0) is 16.0 Å². The Morgan fingerprint density at radius 2 is 1.60 bits per heavy atom. The maximum atomic E-state index is 12.9. The lowest BCUT2D eigenvalue weighted by Gasteiger charge is -2.39. The number of para-hydroxylation sites is 1. The molecular weight excluding hydrogens is 314 g/mol. The number of likely N-dealkylation sites (tertiary alicyclic amines) is 1. The van der Waals surface area contributed by atoms with Crippen LogP contribution in [0.25, 0.3) is 0 Å². The highest BCUT2D eigenvalue weighted by Crippen LogP contribution is 2.49. The van der Waals surface area contributed by atoms with Gasteiger partial charge in [-0.1, -0.05) is 42.5 Å². The normalized spacial score (nSPS) is 28.1. The minimum absolute atomic E-state index is 0.0693. The highest BCUT2D eigenvalue weighted by atomic mass is 16.2. The van der Waals surface area contributed by atoms with Gasteiger partial charge in [-0.2, -0.15) is 0 Å². The molecule has 3 aliphatic rings. The first-order valence-electron chi connectivity index (χ1n) is 8.68. The second kappa shape index (κ2) is 5.17. The molecule has 0 aliphatic carbocycles. The number of rotatable bonds is 1. The number of likely N-dealkylation sites (N-methyl/N-ethyl adjacent to an activating group) is 1. The second-order valence-electron chi connectivity index (χ2n) is 6.94. The molecule has 0 N–H and O–H groups in total. The van der Waals surface area contributed by atoms with Gasteiger partial charge in [0.05, 0.1) is 17.6 Å². The number of hydrogen-bond donors (Lipinski definition) is 0. The maximum absolute atomic E-state index is 12.9. The van der Waals surface area contributed by atoms with Crippen LogP contribution in [0, 0.1) is 5.92 Å². The number of fused-ring (bicyclic) bond motifs is 5. The van der Waals surface area contributed by atoms with Gasteiger partial charge in [0, 0.05) is 13.6 Å². The third kappa shape index (κ3) is 1.87. The van der Waals surface area contributed by atoms with Gasteiger partial charge >= 0.3 is 0 Å². The molecule has 2 aromatic carbocycles. The zero-order valence-corrected chi connectivity index (χ0v) is 14.0. The molecule has 0 bridgehead atoms. The number of benzene rings is 2. The molecule has 3 heterocycles. The topological polar surface area (TPSA) is 43.9 Å². The second-order valence-corrected chi connectivity index (χ2v) is 6.94. The molecule has 0 aromatic heterocycles. The van der Waals surface area contributed by atoms with Gasteiger partial charge in [-0.3, -0.25) is 19.5 Å². The lowest BCUT2D eigenvalue weighted by Crippen LogP contribution is -2.49. The summed E-state index contributed by atoms with van der Waals surface area (Å²) in [7, 11) is 1.60. The fourth-order valence-corrected chi connectivity index (χ4v) is 4.64. The predicted molar refractivity (Wildman–Crippen MR) is 93.6 cm³/mol. The zero-order valence-electron chi connectivity index (χ0n) is 14.0. The van der Waals surface area contributed by atoms with Crippen LogP contribution in [0.2, 0.25) is 0 Å². The van der Waals surface area contributed by atoms with E-state index in [-0.39, 0.29) is 23.8 Å². The molecule has 5 nitrogen and oxygen atoms in total. The molecule has 0 radical (unpaired) electrons. The molecule has 2 aromatic rings. The van der Waals surface area contributed by atoms with Crippen molar-refractivity contribution in [2.45, 2.75) is 18.5 Å². The maximum Gasteiger partial charge on any atom is 0.254 e. The van der Waals surface area contributed by atoms with Crippen LogP contribution < -0.4 is 5.01 Å². The quantitative estimate of drug-likeness (QED) is 0.749. The molecule has 2 saturated heterocycles. The van der Waals surface area contributed by atoms with Gasteiger partial charge in [-0.05, 0) is 29.7 Å². The van der Waals surface area contributed by atoms with Crippen LogP contribution in [0.5, 0.6) is 0 Å². The van der Waals surface area contributed by atoms with Crippen molar-refractivity contribution < 1.29 is 9.59 Å². The summed E-state index contributed by atoms with van der Waals surface area (Å²) in [6, 6.07) is 17.7. The average Bonchev–Trinajstić information content (AvgIpc) is 3.11. The van der Waals surface area contributed by atoms with Crippen LogP contribution in [0.3, 0.4) is 0 Å². The van der Waals surface area contributed by atoms with Crippen molar-refractivity contribution in [3.63, 3.8) is 0 Å². The fourth-order valence-electron chi connectivity index (χ4n) is 4.64. The first-order chi connectivity index (χ1) is 12.2. The Labute approximate surface area is 146 Å². The molecule has 3 aliphatic heterocycles. The number of anilines is 1. The van der Waals surface area contributed by atoms with Crippen molar-refractivity contribution in [3.8, 4) is 0 Å². The smallest absolute Gasteiger partial charge is 0.254 e. The van der Waals surface area contributed by atoms with E-state index in [0.717, 1.165) is 18.7 Å². The minimum atomic E-state index is -0.448. The van der Waals surface area contributed by atoms with Crippen molar-refractivity contribution in [2.75, 3.05) is 18.6 Å². The van der Waals surface area contributed by atoms with Crippen LogP contribution >= 0.6 is 0 Å². The molecule has 0 saturated carbocycles. The first-order valence-corrected chi connectivity index (χ1v) is 8.68. The summed E-state index contributed by atoms with van der Waals surface area (Å²) in [6.07, 6.45) is 0.924. The highest BCUT2D eigenvalue weighted by molar-refractivity contribution is 6.09.